The van der Waals surface area contributed by atoms with Gasteiger partial charge in [-0.3, -0.25) is 14.5 Å². The molecule has 0 saturated carbocycles. The van der Waals surface area contributed by atoms with Crippen molar-refractivity contribution < 1.29 is 108 Å². The average molecular weight is 673 g/mol. The maximum Gasteiger partial charge on any atom is 1.00 e. The molecule has 2 amide bonds. The minimum absolute atomic E-state index is 0. The first kappa shape index (κ1) is 36.1. The number of carboxylic acids is 2. The van der Waals surface area contributed by atoms with Crippen LogP contribution in [0.4, 0.5) is 5.13 Å². The van der Waals surface area contributed by atoms with Crippen molar-refractivity contribution in [3.63, 3.8) is 0 Å². The van der Waals surface area contributed by atoms with Gasteiger partial charge in [0.25, 0.3) is 11.8 Å². The number of nitrogens with two attached hydrogens (primary N) is 1. The molecule has 0 bridgehead atoms. The number of amides is 2. The number of carboxylic acid groups (broad SMARTS) is 2. The van der Waals surface area contributed by atoms with Crippen LogP contribution in [0.25, 0.3) is 17.3 Å². The molecular weight excluding hydrogens is 654 g/mol. The minimum atomic E-state index is -1.37. The second-order valence-electron chi connectivity index (χ2n) is 8.83. The Bertz CT molecular complexity index is 1740. The second-order valence-corrected chi connectivity index (χ2v) is 10.8. The van der Waals surface area contributed by atoms with Crippen molar-refractivity contribution in [2.75, 3.05) is 18.1 Å². The Labute approximate surface area is 305 Å². The Morgan fingerprint density at radius 1 is 1.20 bits per heavy atom. The van der Waals surface area contributed by atoms with Crippen LogP contribution in [0.5, 0.6) is 11.5 Å². The molecule has 0 spiro atoms. The zero-order valence-corrected chi connectivity index (χ0v) is 29.1. The summed E-state index contributed by atoms with van der Waals surface area (Å²) >= 11 is 2.19. The Kier molecular flexibility index (Phi) is 12.3. The van der Waals surface area contributed by atoms with Crippen LogP contribution < -0.4 is 80.4 Å². The number of thioether (sulfide) groups is 1. The van der Waals surface area contributed by atoms with Gasteiger partial charge in [-0.2, -0.15) is 0 Å². The number of allylic oxidation sites excluding steroid dienone is 1. The number of anilines is 1. The van der Waals surface area contributed by atoms with E-state index in [1.54, 1.807) is 0 Å². The molecule has 0 unspecified atom stereocenters. The van der Waals surface area contributed by atoms with Crippen molar-refractivity contribution in [1.82, 2.24) is 20.4 Å². The van der Waals surface area contributed by atoms with Gasteiger partial charge >= 0.3 is 71.1 Å². The number of nitrogens with zero attached hydrogens (tertiary/aromatic N) is 4. The van der Waals surface area contributed by atoms with E-state index in [-0.39, 0.29) is 98.4 Å². The SMILES string of the molecule is Nc1nc(/C(=N\OCC(=O)O)C(=O)N[C@@H]2C(=O)N3C(C(=O)O)=C(/C=C/c4cc(-c5ccc([O-])c([O-])c5)no4)CS[C@H]23)cs1.[Na+].[Na+]. The van der Waals surface area contributed by atoms with Gasteiger partial charge in [0.2, 0.25) is 6.61 Å². The molecule has 0 radical (unpaired) electrons. The third-order valence-corrected chi connectivity index (χ3v) is 8.00. The minimum Gasteiger partial charge on any atom is -0.873 e. The summed E-state index contributed by atoms with van der Waals surface area (Å²) in [6.07, 6.45) is 2.89. The van der Waals surface area contributed by atoms with E-state index in [0.717, 1.165) is 28.4 Å². The molecule has 1 aromatic carbocycles. The molecule has 5 N–H and O–H groups in total. The molecule has 2 aliphatic rings. The number of hydrogen-bond donors (Lipinski definition) is 4. The zero-order valence-electron chi connectivity index (χ0n) is 23.5. The summed E-state index contributed by atoms with van der Waals surface area (Å²) in [6.45, 7) is -0.834. The topological polar surface area (TPSA) is 257 Å². The van der Waals surface area contributed by atoms with E-state index >= 15 is 0 Å². The van der Waals surface area contributed by atoms with Gasteiger partial charge in [0.15, 0.2) is 16.6 Å². The molecular formula is C25H18N6Na2O10S2. The summed E-state index contributed by atoms with van der Waals surface area (Å²) in [7, 11) is 0. The van der Waals surface area contributed by atoms with Gasteiger partial charge in [-0.1, -0.05) is 34.6 Å². The van der Waals surface area contributed by atoms with Crippen LogP contribution in [0.1, 0.15) is 11.5 Å². The van der Waals surface area contributed by atoms with Crippen LogP contribution in [0.3, 0.4) is 0 Å². The van der Waals surface area contributed by atoms with Crippen molar-refractivity contribution in [2.24, 2.45) is 5.16 Å². The number of thiazole rings is 1. The number of aliphatic carboxylic acids is 2. The van der Waals surface area contributed by atoms with E-state index in [1.165, 1.54) is 41.4 Å². The predicted octanol–water partition coefficient (Wildman–Crippen LogP) is -6.21. The third-order valence-electron chi connectivity index (χ3n) is 6.03. The Morgan fingerprint density at radius 2 is 1.96 bits per heavy atom. The van der Waals surface area contributed by atoms with Gasteiger partial charge in [-0.15, -0.1) is 34.6 Å². The van der Waals surface area contributed by atoms with Crippen LogP contribution in [0, 0.1) is 0 Å². The number of fused-ring (bicyclic) bond motifs is 1. The summed E-state index contributed by atoms with van der Waals surface area (Å²) < 4.78 is 5.23. The molecule has 2 atom stereocenters. The Balaban J connectivity index is 0.00000276. The predicted molar refractivity (Wildman–Crippen MR) is 146 cm³/mol. The summed E-state index contributed by atoms with van der Waals surface area (Å²) in [4.78, 5) is 58.7. The first-order valence-corrected chi connectivity index (χ1v) is 13.9. The van der Waals surface area contributed by atoms with E-state index < -0.39 is 59.0 Å². The molecule has 45 heavy (non-hydrogen) atoms. The van der Waals surface area contributed by atoms with E-state index in [9.17, 15) is 34.5 Å². The van der Waals surface area contributed by atoms with E-state index in [4.69, 9.17) is 20.2 Å². The van der Waals surface area contributed by atoms with Crippen molar-refractivity contribution in [3.8, 4) is 22.8 Å². The van der Waals surface area contributed by atoms with Gasteiger partial charge < -0.3 is 40.8 Å². The Morgan fingerprint density at radius 3 is 2.60 bits per heavy atom. The van der Waals surface area contributed by atoms with Gasteiger partial charge in [0.05, 0.1) is 0 Å². The molecule has 3 aromatic rings. The van der Waals surface area contributed by atoms with Gasteiger partial charge in [-0.05, 0) is 11.6 Å². The molecule has 222 valence electrons. The zero-order chi connectivity index (χ0) is 30.8. The molecule has 2 aliphatic heterocycles. The average Bonchev–Trinajstić information content (AvgIpc) is 3.62. The fraction of sp³-hybridized carbons (Fsp3) is 0.160. The molecule has 16 nitrogen and oxygen atoms in total. The van der Waals surface area contributed by atoms with Gasteiger partial charge in [0.1, 0.15) is 28.5 Å². The van der Waals surface area contributed by atoms with E-state index in [2.05, 4.69) is 20.6 Å². The number of carbonyl (C=O) groups is 4. The number of carbonyl (C=O) groups excluding carboxylic acids is 2. The van der Waals surface area contributed by atoms with Crippen LogP contribution in [0.2, 0.25) is 0 Å². The first-order chi connectivity index (χ1) is 20.5. The van der Waals surface area contributed by atoms with Crippen molar-refractivity contribution >= 4 is 63.8 Å². The van der Waals surface area contributed by atoms with Crippen molar-refractivity contribution in [1.29, 1.82) is 0 Å². The number of hydrogen-bond acceptors (Lipinski definition) is 14. The number of nitrogens with one attached hydrogen (secondary N) is 1. The van der Waals surface area contributed by atoms with Crippen LogP contribution in [0.15, 0.2) is 56.7 Å². The van der Waals surface area contributed by atoms with Gasteiger partial charge in [0, 0.05) is 22.8 Å². The molecule has 1 fully saturated rings. The number of rotatable bonds is 10. The first-order valence-electron chi connectivity index (χ1n) is 12.0. The van der Waals surface area contributed by atoms with Crippen LogP contribution in [-0.4, -0.2) is 78.5 Å². The maximum absolute atomic E-state index is 13.1. The third kappa shape index (κ3) is 7.90. The number of nitrogen functional groups attached to an aromatic ring is 1. The second kappa shape index (κ2) is 15.3. The van der Waals surface area contributed by atoms with Crippen LogP contribution in [-0.2, 0) is 24.0 Å². The van der Waals surface area contributed by atoms with E-state index in [1.807, 2.05) is 0 Å². The quantitative estimate of drug-likeness (QED) is 0.0677. The summed E-state index contributed by atoms with van der Waals surface area (Å²) in [5.74, 6) is -5.29. The van der Waals surface area contributed by atoms with Gasteiger partial charge in [-0.25, -0.2) is 14.6 Å². The fourth-order valence-electron chi connectivity index (χ4n) is 4.09. The number of aromatic nitrogens is 2. The molecule has 5 rings (SSSR count). The largest absolute Gasteiger partial charge is 1.00 e. The molecule has 20 heteroatoms. The molecule has 2 aromatic heterocycles. The normalized spacial score (nSPS) is 17.6. The maximum atomic E-state index is 13.1. The number of β-lactam (4-membered cyclic amide) rings is 1. The smallest absolute Gasteiger partial charge is 0.873 e. The standard InChI is InChI=1S/C25H20N6O10S2.2Na/c26-25-27-14(9-43-25)18(30-40-7-17(34)35)21(36)28-19-22(37)31-20(24(38)39)11(8-42-23(19)31)1-3-12-6-13(29-41-12)10-2-4-15(32)16(33)5-10;;/h1-6,9,19,23,32-33H,7-8H2,(H2,26,27)(H,28,36)(H,34,35)(H,38,39);;/q;2*+1/p-2/b3-1+,30-18+;;/t19-,23-;;/m1../s1. The fourth-order valence-corrected chi connectivity index (χ4v) is 5.95. The summed E-state index contributed by atoms with van der Waals surface area (Å²) in [5, 5.41) is 52.4. The summed E-state index contributed by atoms with van der Waals surface area (Å²) in [5.41, 5.74) is 5.85. The van der Waals surface area contributed by atoms with Crippen molar-refractivity contribution in [3.05, 3.63) is 58.4 Å². The van der Waals surface area contributed by atoms with Crippen molar-refractivity contribution in [2.45, 2.75) is 11.4 Å². The number of oxime groups is 1. The summed E-state index contributed by atoms with van der Waals surface area (Å²) in [6, 6.07) is 4.04. The molecule has 0 aliphatic carbocycles. The van der Waals surface area contributed by atoms with E-state index in [0.29, 0.717) is 5.56 Å². The Hall–Kier alpha value is -3.36. The number of benzene rings is 1. The molecule has 4 heterocycles. The monoisotopic (exact) mass is 672 g/mol. The molecule has 1 saturated heterocycles. The van der Waals surface area contributed by atoms with Crippen LogP contribution >= 0.6 is 23.1 Å².